The minimum atomic E-state index is -3.60. The molecular weight excluding hydrogens is 409 g/mol. The van der Waals surface area contributed by atoms with E-state index in [1.807, 2.05) is 18.2 Å². The van der Waals surface area contributed by atoms with Crippen molar-refractivity contribution in [3.05, 3.63) is 59.4 Å². The minimum Gasteiger partial charge on any atom is -0.299 e. The first-order chi connectivity index (χ1) is 13.9. The molecule has 2 aromatic carbocycles. The Morgan fingerprint density at radius 2 is 1.83 bits per heavy atom. The fraction of sp³-hybridized carbons (Fsp3) is 0.381. The smallest absolute Gasteiger partial charge is 0.243 e. The van der Waals surface area contributed by atoms with Crippen molar-refractivity contribution < 1.29 is 12.8 Å². The van der Waals surface area contributed by atoms with Crippen LogP contribution in [0, 0.1) is 5.82 Å². The van der Waals surface area contributed by atoms with Crippen molar-refractivity contribution in [1.29, 1.82) is 0 Å². The lowest BCUT2D eigenvalue weighted by Crippen LogP contribution is -2.39. The number of aromatic nitrogens is 1. The number of thiazole rings is 1. The molecule has 154 valence electrons. The van der Waals surface area contributed by atoms with Gasteiger partial charge in [-0.05, 0) is 56.3 Å². The molecule has 0 bridgehead atoms. The SMILES string of the molecule is CC(Cc1nc2ccccc2s1)N1CCCN(S(=O)(=O)c2ccc(F)cc2)CC1. The Morgan fingerprint density at radius 3 is 2.59 bits per heavy atom. The molecule has 0 radical (unpaired) electrons. The predicted molar refractivity (Wildman–Crippen MR) is 114 cm³/mol. The summed E-state index contributed by atoms with van der Waals surface area (Å²) >= 11 is 1.72. The summed E-state index contributed by atoms with van der Waals surface area (Å²) < 4.78 is 41.7. The van der Waals surface area contributed by atoms with Crippen LogP contribution < -0.4 is 0 Å². The molecular formula is C21H24FN3O2S2. The summed E-state index contributed by atoms with van der Waals surface area (Å²) in [6.45, 7) is 4.61. The Hall–Kier alpha value is -1.87. The topological polar surface area (TPSA) is 53.5 Å². The van der Waals surface area contributed by atoms with E-state index in [2.05, 4.69) is 17.9 Å². The summed E-state index contributed by atoms with van der Waals surface area (Å²) in [7, 11) is -3.60. The molecule has 0 spiro atoms. The van der Waals surface area contributed by atoms with Gasteiger partial charge < -0.3 is 0 Å². The molecule has 2 heterocycles. The van der Waals surface area contributed by atoms with E-state index in [1.54, 1.807) is 11.3 Å². The van der Waals surface area contributed by atoms with E-state index < -0.39 is 15.8 Å². The van der Waals surface area contributed by atoms with Crippen LogP contribution in [0.2, 0.25) is 0 Å². The number of sulfonamides is 1. The molecule has 1 aromatic heterocycles. The summed E-state index contributed by atoms with van der Waals surface area (Å²) in [6.07, 6.45) is 1.62. The average molecular weight is 434 g/mol. The third kappa shape index (κ3) is 4.50. The van der Waals surface area contributed by atoms with Crippen molar-refractivity contribution in [2.24, 2.45) is 0 Å². The fourth-order valence-electron chi connectivity index (χ4n) is 3.74. The maximum absolute atomic E-state index is 13.1. The molecule has 1 saturated heterocycles. The molecule has 1 fully saturated rings. The van der Waals surface area contributed by atoms with Crippen LogP contribution in [0.5, 0.6) is 0 Å². The van der Waals surface area contributed by atoms with Crippen LogP contribution in [0.15, 0.2) is 53.4 Å². The zero-order valence-electron chi connectivity index (χ0n) is 16.3. The van der Waals surface area contributed by atoms with Crippen LogP contribution in [0.1, 0.15) is 18.4 Å². The van der Waals surface area contributed by atoms with E-state index in [9.17, 15) is 12.8 Å². The highest BCUT2D eigenvalue weighted by Crippen LogP contribution is 2.24. The Kier molecular flexibility index (Phi) is 5.96. The van der Waals surface area contributed by atoms with E-state index in [4.69, 9.17) is 4.98 Å². The van der Waals surface area contributed by atoms with Gasteiger partial charge in [-0.1, -0.05) is 12.1 Å². The van der Waals surface area contributed by atoms with Gasteiger partial charge in [0.2, 0.25) is 10.0 Å². The van der Waals surface area contributed by atoms with Gasteiger partial charge >= 0.3 is 0 Å². The Morgan fingerprint density at radius 1 is 1.07 bits per heavy atom. The number of para-hydroxylation sites is 1. The zero-order valence-corrected chi connectivity index (χ0v) is 17.9. The van der Waals surface area contributed by atoms with Gasteiger partial charge in [0.1, 0.15) is 5.82 Å². The van der Waals surface area contributed by atoms with Crippen LogP contribution in [-0.4, -0.2) is 54.8 Å². The quantitative estimate of drug-likeness (QED) is 0.615. The van der Waals surface area contributed by atoms with Crippen LogP contribution in [0.4, 0.5) is 4.39 Å². The van der Waals surface area contributed by atoms with Gasteiger partial charge in [0, 0.05) is 32.1 Å². The summed E-state index contributed by atoms with van der Waals surface area (Å²) in [4.78, 5) is 7.21. The van der Waals surface area contributed by atoms with E-state index in [1.165, 1.54) is 33.3 Å². The van der Waals surface area contributed by atoms with Crippen molar-refractivity contribution >= 4 is 31.6 Å². The first-order valence-electron chi connectivity index (χ1n) is 9.78. The second kappa shape index (κ2) is 8.47. The number of halogens is 1. The van der Waals surface area contributed by atoms with Gasteiger partial charge in [-0.2, -0.15) is 4.31 Å². The summed E-state index contributed by atoms with van der Waals surface area (Å²) in [5.41, 5.74) is 1.03. The molecule has 1 unspecified atom stereocenters. The molecule has 1 aliphatic rings. The van der Waals surface area contributed by atoms with Gasteiger partial charge in [-0.25, -0.2) is 17.8 Å². The highest BCUT2D eigenvalue weighted by Gasteiger charge is 2.28. The lowest BCUT2D eigenvalue weighted by molar-refractivity contribution is 0.218. The van der Waals surface area contributed by atoms with Crippen molar-refractivity contribution in [2.75, 3.05) is 26.2 Å². The van der Waals surface area contributed by atoms with Gasteiger partial charge in [-0.3, -0.25) is 4.90 Å². The Balaban J connectivity index is 1.42. The third-order valence-corrected chi connectivity index (χ3v) is 8.34. The molecule has 0 N–H and O–H groups in total. The summed E-state index contributed by atoms with van der Waals surface area (Å²) in [5, 5.41) is 1.11. The van der Waals surface area contributed by atoms with E-state index >= 15 is 0 Å². The van der Waals surface area contributed by atoms with Crippen molar-refractivity contribution in [2.45, 2.75) is 30.7 Å². The van der Waals surface area contributed by atoms with Gasteiger partial charge in [0.15, 0.2) is 0 Å². The van der Waals surface area contributed by atoms with Crippen LogP contribution >= 0.6 is 11.3 Å². The largest absolute Gasteiger partial charge is 0.299 e. The monoisotopic (exact) mass is 433 g/mol. The second-order valence-corrected chi connectivity index (χ2v) is 10.4. The molecule has 0 amide bonds. The molecule has 5 nitrogen and oxygen atoms in total. The molecule has 1 aliphatic heterocycles. The van der Waals surface area contributed by atoms with Crippen molar-refractivity contribution in [3.63, 3.8) is 0 Å². The van der Waals surface area contributed by atoms with Crippen LogP contribution in [0.3, 0.4) is 0 Å². The number of benzene rings is 2. The molecule has 3 aromatic rings. The first kappa shape index (κ1) is 20.4. The minimum absolute atomic E-state index is 0.148. The van der Waals surface area contributed by atoms with E-state index in [-0.39, 0.29) is 10.9 Å². The average Bonchev–Trinajstić information content (AvgIpc) is 2.93. The third-order valence-electron chi connectivity index (χ3n) is 5.37. The van der Waals surface area contributed by atoms with Crippen molar-refractivity contribution in [3.8, 4) is 0 Å². The maximum Gasteiger partial charge on any atom is 0.243 e. The van der Waals surface area contributed by atoms with E-state index in [0.29, 0.717) is 19.6 Å². The molecule has 1 atom stereocenters. The van der Waals surface area contributed by atoms with Crippen molar-refractivity contribution in [1.82, 2.24) is 14.2 Å². The lowest BCUT2D eigenvalue weighted by Gasteiger charge is -2.27. The summed E-state index contributed by atoms with van der Waals surface area (Å²) in [6, 6.07) is 13.5. The lowest BCUT2D eigenvalue weighted by atomic mass is 10.2. The highest BCUT2D eigenvalue weighted by atomic mass is 32.2. The molecule has 4 rings (SSSR count). The Labute approximate surface area is 174 Å². The number of nitrogens with zero attached hydrogens (tertiary/aromatic N) is 3. The van der Waals surface area contributed by atoms with Gasteiger partial charge in [-0.15, -0.1) is 11.3 Å². The summed E-state index contributed by atoms with van der Waals surface area (Å²) in [5.74, 6) is -0.435. The van der Waals surface area contributed by atoms with Crippen LogP contribution in [0.25, 0.3) is 10.2 Å². The van der Waals surface area contributed by atoms with Gasteiger partial charge in [0.05, 0.1) is 20.1 Å². The first-order valence-corrected chi connectivity index (χ1v) is 12.0. The maximum atomic E-state index is 13.1. The zero-order chi connectivity index (χ0) is 20.4. The van der Waals surface area contributed by atoms with Gasteiger partial charge in [0.25, 0.3) is 0 Å². The number of hydrogen-bond donors (Lipinski definition) is 0. The second-order valence-electron chi connectivity index (χ2n) is 7.38. The number of fused-ring (bicyclic) bond motifs is 1. The van der Waals surface area contributed by atoms with Crippen LogP contribution in [-0.2, 0) is 16.4 Å². The molecule has 8 heteroatoms. The Bertz CT molecular complexity index is 1050. The molecule has 29 heavy (non-hydrogen) atoms. The molecule has 0 aliphatic carbocycles. The standard InChI is InChI=1S/C21H24FN3O2S2/c1-16(15-21-23-19-5-2-3-6-20(19)28-21)24-11-4-12-25(14-13-24)29(26,27)18-9-7-17(22)8-10-18/h2-3,5-10,16H,4,11-15H2,1H3. The molecule has 0 saturated carbocycles. The fourth-order valence-corrected chi connectivity index (χ4v) is 6.30. The number of hydrogen-bond acceptors (Lipinski definition) is 5. The number of rotatable bonds is 5. The highest BCUT2D eigenvalue weighted by molar-refractivity contribution is 7.89. The normalized spacial score (nSPS) is 18.0. The van der Waals surface area contributed by atoms with E-state index in [0.717, 1.165) is 29.9 Å². The predicted octanol–water partition coefficient (Wildman–Crippen LogP) is 3.76.